The van der Waals surface area contributed by atoms with Crippen molar-refractivity contribution in [1.82, 2.24) is 0 Å². The first kappa shape index (κ1) is 14.2. The number of hydrogen-bond donors (Lipinski definition) is 0. The highest BCUT2D eigenvalue weighted by atomic mass is 79.9. The highest BCUT2D eigenvalue weighted by molar-refractivity contribution is 9.10. The SMILES string of the molecule is COc1cccc(CCl)c1OCc1cccc(Br)c1. The van der Waals surface area contributed by atoms with Crippen LogP contribution in [-0.4, -0.2) is 7.11 Å². The van der Waals surface area contributed by atoms with Gasteiger partial charge in [-0.3, -0.25) is 0 Å². The minimum atomic E-state index is 0.394. The Bertz CT molecular complexity index is 535. The molecule has 0 amide bonds. The fraction of sp³-hybridized carbons (Fsp3) is 0.200. The summed E-state index contributed by atoms with van der Waals surface area (Å²) >= 11 is 9.37. The van der Waals surface area contributed by atoms with E-state index in [4.69, 9.17) is 21.1 Å². The zero-order chi connectivity index (χ0) is 13.7. The molecule has 0 aliphatic carbocycles. The van der Waals surface area contributed by atoms with Gasteiger partial charge in [-0.1, -0.05) is 40.2 Å². The Kier molecular flexibility index (Phi) is 5.11. The average molecular weight is 342 g/mol. The Labute approximate surface area is 126 Å². The summed E-state index contributed by atoms with van der Waals surface area (Å²) in [5, 5.41) is 0. The Morgan fingerprint density at radius 1 is 1.16 bits per heavy atom. The molecule has 0 aromatic heterocycles. The second kappa shape index (κ2) is 6.83. The van der Waals surface area contributed by atoms with Crippen molar-refractivity contribution in [2.24, 2.45) is 0 Å². The van der Waals surface area contributed by atoms with Crippen LogP contribution in [-0.2, 0) is 12.5 Å². The van der Waals surface area contributed by atoms with Gasteiger partial charge in [0.05, 0.1) is 13.0 Å². The maximum absolute atomic E-state index is 5.92. The topological polar surface area (TPSA) is 18.5 Å². The molecule has 2 rings (SSSR count). The third kappa shape index (κ3) is 3.64. The lowest BCUT2D eigenvalue weighted by atomic mass is 10.2. The van der Waals surface area contributed by atoms with Crippen LogP contribution in [0.4, 0.5) is 0 Å². The van der Waals surface area contributed by atoms with Crippen LogP contribution in [0.5, 0.6) is 11.5 Å². The fourth-order valence-corrected chi connectivity index (χ4v) is 2.43. The standard InChI is InChI=1S/C15H14BrClO2/c1-18-14-7-3-5-12(9-17)15(14)19-10-11-4-2-6-13(16)8-11/h2-8H,9-10H2,1H3. The zero-order valence-corrected chi connectivity index (χ0v) is 12.9. The summed E-state index contributed by atoms with van der Waals surface area (Å²) in [7, 11) is 1.62. The van der Waals surface area contributed by atoms with E-state index in [0.29, 0.717) is 24.0 Å². The van der Waals surface area contributed by atoms with Crippen molar-refractivity contribution in [2.45, 2.75) is 12.5 Å². The third-order valence-corrected chi connectivity index (χ3v) is 3.48. The van der Waals surface area contributed by atoms with Crippen LogP contribution in [0.15, 0.2) is 46.9 Å². The van der Waals surface area contributed by atoms with Gasteiger partial charge in [0.2, 0.25) is 0 Å². The van der Waals surface area contributed by atoms with Crippen LogP contribution in [0.3, 0.4) is 0 Å². The summed E-state index contributed by atoms with van der Waals surface area (Å²) in [5.74, 6) is 1.80. The van der Waals surface area contributed by atoms with E-state index in [0.717, 1.165) is 15.6 Å². The van der Waals surface area contributed by atoms with Crippen LogP contribution >= 0.6 is 27.5 Å². The molecule has 0 fully saturated rings. The van der Waals surface area contributed by atoms with Gasteiger partial charge >= 0.3 is 0 Å². The highest BCUT2D eigenvalue weighted by Crippen LogP contribution is 2.32. The van der Waals surface area contributed by atoms with E-state index in [1.807, 2.05) is 42.5 Å². The Morgan fingerprint density at radius 2 is 1.95 bits per heavy atom. The van der Waals surface area contributed by atoms with Gasteiger partial charge in [-0.05, 0) is 23.8 Å². The van der Waals surface area contributed by atoms with Crippen LogP contribution in [0, 0.1) is 0 Å². The van der Waals surface area contributed by atoms with Crippen LogP contribution < -0.4 is 9.47 Å². The zero-order valence-electron chi connectivity index (χ0n) is 10.5. The number of para-hydroxylation sites is 1. The molecule has 0 bridgehead atoms. The first-order valence-electron chi connectivity index (χ1n) is 5.83. The molecule has 0 heterocycles. The van der Waals surface area contributed by atoms with E-state index in [-0.39, 0.29) is 0 Å². The summed E-state index contributed by atoms with van der Waals surface area (Å²) in [6, 6.07) is 13.7. The van der Waals surface area contributed by atoms with Gasteiger partial charge in [-0.2, -0.15) is 0 Å². The van der Waals surface area contributed by atoms with Crippen molar-refractivity contribution in [3.63, 3.8) is 0 Å². The second-order valence-corrected chi connectivity index (χ2v) is 5.18. The Hall–Kier alpha value is -1.19. The summed E-state index contributed by atoms with van der Waals surface area (Å²) < 4.78 is 12.2. The third-order valence-electron chi connectivity index (χ3n) is 2.70. The van der Waals surface area contributed by atoms with E-state index in [1.54, 1.807) is 7.11 Å². The molecule has 0 aliphatic heterocycles. The predicted octanol–water partition coefficient (Wildman–Crippen LogP) is 4.78. The number of hydrogen-bond acceptors (Lipinski definition) is 2. The van der Waals surface area contributed by atoms with E-state index in [2.05, 4.69) is 15.9 Å². The Balaban J connectivity index is 2.19. The van der Waals surface area contributed by atoms with E-state index in [9.17, 15) is 0 Å². The smallest absolute Gasteiger partial charge is 0.166 e. The molecule has 0 saturated carbocycles. The molecule has 0 radical (unpaired) electrons. The summed E-state index contributed by atoms with van der Waals surface area (Å²) in [5.41, 5.74) is 2.01. The maximum Gasteiger partial charge on any atom is 0.166 e. The lowest BCUT2D eigenvalue weighted by molar-refractivity contribution is 0.282. The number of ether oxygens (including phenoxy) is 2. The first-order valence-corrected chi connectivity index (χ1v) is 7.16. The molecule has 0 saturated heterocycles. The number of alkyl halides is 1. The van der Waals surface area contributed by atoms with Crippen molar-refractivity contribution < 1.29 is 9.47 Å². The van der Waals surface area contributed by atoms with Gasteiger partial charge in [0.25, 0.3) is 0 Å². The van der Waals surface area contributed by atoms with Crippen LogP contribution in [0.25, 0.3) is 0 Å². The molecule has 0 atom stereocenters. The molecule has 0 N–H and O–H groups in total. The molecular weight excluding hydrogens is 328 g/mol. The molecule has 100 valence electrons. The predicted molar refractivity (Wildman–Crippen MR) is 81.0 cm³/mol. The van der Waals surface area contributed by atoms with Crippen molar-refractivity contribution in [3.05, 3.63) is 58.1 Å². The lowest BCUT2D eigenvalue weighted by Crippen LogP contribution is -2.00. The summed E-state index contributed by atoms with van der Waals surface area (Å²) in [6.45, 7) is 0.476. The van der Waals surface area contributed by atoms with E-state index < -0.39 is 0 Å². The van der Waals surface area contributed by atoms with E-state index in [1.165, 1.54) is 0 Å². The number of rotatable bonds is 5. The largest absolute Gasteiger partial charge is 0.493 e. The van der Waals surface area contributed by atoms with Crippen LogP contribution in [0.1, 0.15) is 11.1 Å². The maximum atomic E-state index is 5.92. The van der Waals surface area contributed by atoms with Gasteiger partial charge < -0.3 is 9.47 Å². The van der Waals surface area contributed by atoms with Crippen LogP contribution in [0.2, 0.25) is 0 Å². The molecule has 0 aliphatic rings. The molecule has 2 nitrogen and oxygen atoms in total. The van der Waals surface area contributed by atoms with Gasteiger partial charge in [-0.25, -0.2) is 0 Å². The van der Waals surface area contributed by atoms with Gasteiger partial charge in [0.15, 0.2) is 11.5 Å². The highest BCUT2D eigenvalue weighted by Gasteiger charge is 2.10. The average Bonchev–Trinajstić information content (AvgIpc) is 2.44. The lowest BCUT2D eigenvalue weighted by Gasteiger charge is -2.14. The van der Waals surface area contributed by atoms with Crippen molar-refractivity contribution >= 4 is 27.5 Å². The van der Waals surface area contributed by atoms with Crippen molar-refractivity contribution in [3.8, 4) is 11.5 Å². The monoisotopic (exact) mass is 340 g/mol. The van der Waals surface area contributed by atoms with E-state index >= 15 is 0 Å². The molecule has 0 unspecified atom stereocenters. The van der Waals surface area contributed by atoms with Gasteiger partial charge in [-0.15, -0.1) is 11.6 Å². The van der Waals surface area contributed by atoms with Gasteiger partial charge in [0, 0.05) is 10.0 Å². The minimum Gasteiger partial charge on any atom is -0.493 e. The fourth-order valence-electron chi connectivity index (χ4n) is 1.77. The number of methoxy groups -OCH3 is 1. The van der Waals surface area contributed by atoms with Crippen molar-refractivity contribution in [2.75, 3.05) is 7.11 Å². The second-order valence-electron chi connectivity index (χ2n) is 4.00. The molecule has 2 aromatic carbocycles. The minimum absolute atomic E-state index is 0.394. The Morgan fingerprint density at radius 3 is 2.63 bits per heavy atom. The quantitative estimate of drug-likeness (QED) is 0.729. The first-order chi connectivity index (χ1) is 9.24. The van der Waals surface area contributed by atoms with Gasteiger partial charge in [0.1, 0.15) is 6.61 Å². The molecular formula is C15H14BrClO2. The summed E-state index contributed by atoms with van der Waals surface area (Å²) in [6.07, 6.45) is 0. The van der Waals surface area contributed by atoms with Crippen molar-refractivity contribution in [1.29, 1.82) is 0 Å². The normalized spacial score (nSPS) is 10.3. The number of halogens is 2. The summed E-state index contributed by atoms with van der Waals surface area (Å²) in [4.78, 5) is 0. The molecule has 19 heavy (non-hydrogen) atoms. The molecule has 2 aromatic rings. The molecule has 0 spiro atoms. The number of benzene rings is 2. The molecule has 4 heteroatoms.